The molecule has 130 valence electrons. The molecule has 1 N–H and O–H groups in total. The van der Waals surface area contributed by atoms with Crippen LogP contribution in [-0.2, 0) is 17.9 Å². The molecule has 3 aromatic rings. The second-order valence-electron chi connectivity index (χ2n) is 6.05. The smallest absolute Gasteiger partial charge is 0.240 e. The van der Waals surface area contributed by atoms with Crippen molar-refractivity contribution >= 4 is 40.5 Å². The summed E-state index contributed by atoms with van der Waals surface area (Å²) >= 11 is 5.89. The molecule has 0 bridgehead atoms. The highest BCUT2D eigenvalue weighted by Gasteiger charge is 2.17. The Morgan fingerprint density at radius 2 is 1.96 bits per heavy atom. The number of allylic oxidation sites excluding steroid dienone is 1. The summed E-state index contributed by atoms with van der Waals surface area (Å²) in [4.78, 5) is 21.6. The van der Waals surface area contributed by atoms with Crippen molar-refractivity contribution in [3.8, 4) is 0 Å². The molecule has 4 rings (SSSR count). The predicted octanol–water partition coefficient (Wildman–Crippen LogP) is 3.82. The fourth-order valence-corrected chi connectivity index (χ4v) is 3.08. The molecule has 1 aliphatic rings. The van der Waals surface area contributed by atoms with Gasteiger partial charge in [-0.1, -0.05) is 35.9 Å². The predicted molar refractivity (Wildman–Crippen MR) is 104 cm³/mol. The van der Waals surface area contributed by atoms with E-state index in [0.717, 1.165) is 34.5 Å². The average Bonchev–Trinajstić information content (AvgIpc) is 3.30. The van der Waals surface area contributed by atoms with Crippen molar-refractivity contribution in [2.24, 2.45) is 4.99 Å². The summed E-state index contributed by atoms with van der Waals surface area (Å²) in [7, 11) is 0. The van der Waals surface area contributed by atoms with E-state index < -0.39 is 0 Å². The van der Waals surface area contributed by atoms with Crippen molar-refractivity contribution < 1.29 is 4.79 Å². The number of benzene rings is 2. The van der Waals surface area contributed by atoms with Crippen LogP contribution in [0.3, 0.4) is 0 Å². The Morgan fingerprint density at radius 1 is 1.15 bits per heavy atom. The minimum atomic E-state index is -0.0769. The van der Waals surface area contributed by atoms with Gasteiger partial charge in [0.05, 0.1) is 11.0 Å². The molecule has 1 aromatic heterocycles. The Morgan fingerprint density at radius 3 is 2.73 bits per heavy atom. The van der Waals surface area contributed by atoms with E-state index in [9.17, 15) is 4.79 Å². The Kier molecular flexibility index (Phi) is 4.54. The lowest BCUT2D eigenvalue weighted by Crippen LogP contribution is -2.27. The minimum absolute atomic E-state index is 0.0769. The molecule has 2 heterocycles. The number of halogens is 1. The van der Waals surface area contributed by atoms with Crippen LogP contribution < -0.4 is 5.32 Å². The van der Waals surface area contributed by atoms with Gasteiger partial charge in [-0.15, -0.1) is 0 Å². The van der Waals surface area contributed by atoms with Crippen LogP contribution in [0.4, 0.5) is 0 Å². The van der Waals surface area contributed by atoms with Crippen LogP contribution in [-0.4, -0.2) is 21.7 Å². The maximum Gasteiger partial charge on any atom is 0.240 e. The lowest BCUT2D eigenvalue weighted by Gasteiger charge is -2.10. The van der Waals surface area contributed by atoms with Gasteiger partial charge in [0.1, 0.15) is 12.2 Å². The summed E-state index contributed by atoms with van der Waals surface area (Å²) in [5, 5.41) is 3.63. The van der Waals surface area contributed by atoms with Crippen molar-refractivity contribution in [2.75, 3.05) is 0 Å². The number of carbonyl (C=O) groups excluding carboxylic acids is 1. The second kappa shape index (κ2) is 7.14. The van der Waals surface area contributed by atoms with Crippen molar-refractivity contribution in [1.82, 2.24) is 14.9 Å². The maximum absolute atomic E-state index is 12.5. The number of aromatic nitrogens is 2. The van der Waals surface area contributed by atoms with Crippen molar-refractivity contribution in [1.29, 1.82) is 0 Å². The first-order valence-corrected chi connectivity index (χ1v) is 8.78. The summed E-state index contributed by atoms with van der Waals surface area (Å²) in [5.41, 5.74) is 3.59. The number of hydrogen-bond donors (Lipinski definition) is 1. The molecule has 0 unspecified atom stereocenters. The van der Waals surface area contributed by atoms with Gasteiger partial charge in [-0.05, 0) is 35.9 Å². The van der Waals surface area contributed by atoms with Crippen LogP contribution in [0.15, 0.2) is 59.6 Å². The molecule has 1 aliphatic heterocycles. The average molecular weight is 365 g/mol. The van der Waals surface area contributed by atoms with Crippen molar-refractivity contribution in [3.05, 3.63) is 71.0 Å². The SMILES string of the molecule is O=C(Cn1c(C2=CCC=N2)nc2ccccc21)NCc1ccc(Cl)cc1. The van der Waals surface area contributed by atoms with Crippen LogP contribution >= 0.6 is 11.6 Å². The van der Waals surface area contributed by atoms with Crippen LogP contribution in [0, 0.1) is 0 Å². The molecule has 1 amide bonds. The number of nitrogens with zero attached hydrogens (tertiary/aromatic N) is 3. The zero-order chi connectivity index (χ0) is 17.9. The molecule has 0 radical (unpaired) electrons. The first-order chi connectivity index (χ1) is 12.7. The molecule has 26 heavy (non-hydrogen) atoms. The Bertz CT molecular complexity index is 1020. The molecule has 5 nitrogen and oxygen atoms in total. The molecule has 2 aromatic carbocycles. The Hall–Kier alpha value is -2.92. The van der Waals surface area contributed by atoms with Gasteiger partial charge in [0.25, 0.3) is 0 Å². The third kappa shape index (κ3) is 3.39. The fraction of sp³-hybridized carbons (Fsp3) is 0.150. The van der Waals surface area contributed by atoms with Gasteiger partial charge in [0.2, 0.25) is 5.91 Å². The summed E-state index contributed by atoms with van der Waals surface area (Å²) in [6, 6.07) is 15.2. The number of fused-ring (bicyclic) bond motifs is 1. The summed E-state index contributed by atoms with van der Waals surface area (Å²) in [6.45, 7) is 0.648. The van der Waals surface area contributed by atoms with Gasteiger partial charge in [0, 0.05) is 24.2 Å². The highest BCUT2D eigenvalue weighted by molar-refractivity contribution is 6.30. The van der Waals surface area contributed by atoms with E-state index in [1.54, 1.807) is 0 Å². The Balaban J connectivity index is 1.55. The van der Waals surface area contributed by atoms with Gasteiger partial charge in [-0.2, -0.15) is 0 Å². The third-order valence-electron chi connectivity index (χ3n) is 4.24. The standard InChI is InChI=1S/C20H17ClN4O/c21-15-9-7-14(8-10-15)12-23-19(26)13-25-18-6-2-1-4-16(18)24-20(25)17-5-3-11-22-17/h1-2,4-11H,3,12-13H2,(H,23,26). The molecule has 0 atom stereocenters. The molecule has 0 aliphatic carbocycles. The van der Waals surface area contributed by atoms with Gasteiger partial charge in [0.15, 0.2) is 5.82 Å². The van der Waals surface area contributed by atoms with E-state index in [-0.39, 0.29) is 12.5 Å². The minimum Gasteiger partial charge on any atom is -0.350 e. The number of hydrogen-bond acceptors (Lipinski definition) is 3. The van der Waals surface area contributed by atoms with E-state index >= 15 is 0 Å². The van der Waals surface area contributed by atoms with E-state index in [2.05, 4.69) is 15.3 Å². The third-order valence-corrected chi connectivity index (χ3v) is 4.49. The fourth-order valence-electron chi connectivity index (χ4n) is 2.95. The van der Waals surface area contributed by atoms with Crippen molar-refractivity contribution in [2.45, 2.75) is 19.5 Å². The molecule has 0 spiro atoms. The lowest BCUT2D eigenvalue weighted by molar-refractivity contribution is -0.121. The number of amides is 1. The van der Waals surface area contributed by atoms with Crippen LogP contribution in [0.2, 0.25) is 5.02 Å². The van der Waals surface area contributed by atoms with Crippen LogP contribution in [0.5, 0.6) is 0 Å². The number of aliphatic imine (C=N–C) groups is 1. The van der Waals surface area contributed by atoms with Gasteiger partial charge in [-0.25, -0.2) is 4.98 Å². The number of carbonyl (C=O) groups is 1. The first kappa shape index (κ1) is 16.5. The summed E-state index contributed by atoms with van der Waals surface area (Å²) in [6.07, 6.45) is 4.66. The molecule has 0 fully saturated rings. The number of imidazole rings is 1. The van der Waals surface area contributed by atoms with Gasteiger partial charge < -0.3 is 9.88 Å². The molecular formula is C20H17ClN4O. The topological polar surface area (TPSA) is 59.3 Å². The number of rotatable bonds is 5. The van der Waals surface area contributed by atoms with E-state index in [4.69, 9.17) is 11.6 Å². The number of nitrogens with one attached hydrogen (secondary N) is 1. The zero-order valence-corrected chi connectivity index (χ0v) is 14.8. The van der Waals surface area contributed by atoms with E-state index in [1.807, 2.05) is 65.4 Å². The first-order valence-electron chi connectivity index (χ1n) is 8.40. The quantitative estimate of drug-likeness (QED) is 0.748. The molecule has 0 saturated heterocycles. The lowest BCUT2D eigenvalue weighted by atomic mass is 10.2. The summed E-state index contributed by atoms with van der Waals surface area (Å²) < 4.78 is 1.92. The van der Waals surface area contributed by atoms with Crippen LogP contribution in [0.25, 0.3) is 16.7 Å². The maximum atomic E-state index is 12.5. The zero-order valence-electron chi connectivity index (χ0n) is 14.0. The van der Waals surface area contributed by atoms with Crippen molar-refractivity contribution in [3.63, 3.8) is 0 Å². The molecular weight excluding hydrogens is 348 g/mol. The highest BCUT2D eigenvalue weighted by atomic mass is 35.5. The van der Waals surface area contributed by atoms with Gasteiger partial charge >= 0.3 is 0 Å². The normalized spacial score (nSPS) is 13.2. The van der Waals surface area contributed by atoms with E-state index in [0.29, 0.717) is 11.6 Å². The largest absolute Gasteiger partial charge is 0.350 e. The Labute approximate surface area is 156 Å². The molecule has 6 heteroatoms. The summed E-state index contributed by atoms with van der Waals surface area (Å²) in [5.74, 6) is 0.647. The number of para-hydroxylation sites is 2. The van der Waals surface area contributed by atoms with Gasteiger partial charge in [-0.3, -0.25) is 9.79 Å². The monoisotopic (exact) mass is 364 g/mol. The highest BCUT2D eigenvalue weighted by Crippen LogP contribution is 2.24. The van der Waals surface area contributed by atoms with E-state index in [1.165, 1.54) is 0 Å². The second-order valence-corrected chi connectivity index (χ2v) is 6.49. The van der Waals surface area contributed by atoms with Crippen LogP contribution in [0.1, 0.15) is 17.8 Å². The molecule has 0 saturated carbocycles.